The van der Waals surface area contributed by atoms with Crippen LogP contribution in [0.1, 0.15) is 0 Å². The maximum Gasteiger partial charge on any atom is 0.325 e. The van der Waals surface area contributed by atoms with Gasteiger partial charge in [-0.25, -0.2) is 4.98 Å². The van der Waals surface area contributed by atoms with E-state index in [9.17, 15) is 4.79 Å². The highest BCUT2D eigenvalue weighted by atomic mass is 16.5. The largest absolute Gasteiger partial charge is 0.468 e. The van der Waals surface area contributed by atoms with Crippen molar-refractivity contribution in [2.45, 2.75) is 0 Å². The Balaban J connectivity index is 2.54. The van der Waals surface area contributed by atoms with E-state index in [1.165, 1.54) is 7.11 Å². The van der Waals surface area contributed by atoms with Crippen molar-refractivity contribution in [1.82, 2.24) is 4.98 Å². The number of nitrogens with one attached hydrogen (secondary N) is 1. The summed E-state index contributed by atoms with van der Waals surface area (Å²) in [5.41, 5.74) is 6.08. The van der Waals surface area contributed by atoms with Crippen molar-refractivity contribution < 1.29 is 9.53 Å². The number of pyridine rings is 1. The van der Waals surface area contributed by atoms with Gasteiger partial charge in [-0.1, -0.05) is 0 Å². The van der Waals surface area contributed by atoms with Crippen LogP contribution in [0, 0.1) is 0 Å². The molecule has 0 spiro atoms. The van der Waals surface area contributed by atoms with E-state index < -0.39 is 0 Å². The summed E-state index contributed by atoms with van der Waals surface area (Å²) < 4.78 is 4.44. The van der Waals surface area contributed by atoms with Gasteiger partial charge in [0.1, 0.15) is 12.4 Å². The molecule has 1 aromatic rings. The molecule has 0 aliphatic rings. The minimum absolute atomic E-state index is 0.0672. The van der Waals surface area contributed by atoms with Crippen LogP contribution >= 0.6 is 0 Å². The second-order valence-corrected chi connectivity index (χ2v) is 2.37. The van der Waals surface area contributed by atoms with E-state index >= 15 is 0 Å². The van der Waals surface area contributed by atoms with Gasteiger partial charge in [-0.2, -0.15) is 0 Å². The number of esters is 1. The van der Waals surface area contributed by atoms with Gasteiger partial charge in [-0.3, -0.25) is 4.79 Å². The number of methoxy groups -OCH3 is 1. The lowest BCUT2D eigenvalue weighted by atomic mass is 10.4. The molecule has 0 fully saturated rings. The second kappa shape index (κ2) is 4.30. The van der Waals surface area contributed by atoms with Gasteiger partial charge in [-0.05, 0) is 12.1 Å². The fraction of sp³-hybridized carbons (Fsp3) is 0.250. The number of hydrogen-bond donors (Lipinski definition) is 2. The van der Waals surface area contributed by atoms with Crippen LogP contribution in [-0.2, 0) is 9.53 Å². The molecule has 13 heavy (non-hydrogen) atoms. The molecule has 5 heteroatoms. The summed E-state index contributed by atoms with van der Waals surface area (Å²) in [7, 11) is 1.33. The maximum atomic E-state index is 10.7. The van der Waals surface area contributed by atoms with Gasteiger partial charge in [-0.15, -0.1) is 0 Å². The Bertz CT molecular complexity index is 301. The Morgan fingerprint density at radius 1 is 1.77 bits per heavy atom. The number of nitrogens with two attached hydrogens (primary N) is 1. The number of nitrogen functional groups attached to an aromatic ring is 1. The second-order valence-electron chi connectivity index (χ2n) is 2.37. The van der Waals surface area contributed by atoms with Crippen LogP contribution in [0.3, 0.4) is 0 Å². The molecule has 0 amide bonds. The SMILES string of the molecule is COC(=O)CNc1ncccc1N. The molecule has 0 unspecified atom stereocenters. The molecule has 0 aliphatic heterocycles. The van der Waals surface area contributed by atoms with Gasteiger partial charge in [0.15, 0.2) is 0 Å². The van der Waals surface area contributed by atoms with Crippen LogP contribution < -0.4 is 11.1 Å². The fourth-order valence-electron chi connectivity index (χ4n) is 0.794. The van der Waals surface area contributed by atoms with Crippen molar-refractivity contribution in [2.24, 2.45) is 0 Å². The first-order valence-corrected chi connectivity index (χ1v) is 3.75. The molecule has 0 bridgehead atoms. The lowest BCUT2D eigenvalue weighted by Crippen LogP contribution is -2.16. The molecular weight excluding hydrogens is 170 g/mol. The van der Waals surface area contributed by atoms with E-state index in [1.54, 1.807) is 18.3 Å². The average Bonchev–Trinajstić information content (AvgIpc) is 2.16. The number of nitrogens with zero attached hydrogens (tertiary/aromatic N) is 1. The summed E-state index contributed by atoms with van der Waals surface area (Å²) >= 11 is 0. The summed E-state index contributed by atoms with van der Waals surface area (Å²) in [5, 5.41) is 2.75. The zero-order chi connectivity index (χ0) is 9.68. The van der Waals surface area contributed by atoms with Crippen molar-refractivity contribution in [1.29, 1.82) is 0 Å². The van der Waals surface area contributed by atoms with E-state index in [4.69, 9.17) is 5.73 Å². The van der Waals surface area contributed by atoms with Crippen molar-refractivity contribution in [3.63, 3.8) is 0 Å². The van der Waals surface area contributed by atoms with Crippen LogP contribution in [0.25, 0.3) is 0 Å². The van der Waals surface area contributed by atoms with E-state index in [1.807, 2.05) is 0 Å². The summed E-state index contributed by atoms with van der Waals surface area (Å²) in [6.45, 7) is 0.0672. The van der Waals surface area contributed by atoms with Crippen molar-refractivity contribution >= 4 is 17.5 Å². The van der Waals surface area contributed by atoms with Crippen LogP contribution in [0.5, 0.6) is 0 Å². The predicted molar refractivity (Wildman–Crippen MR) is 49.2 cm³/mol. The lowest BCUT2D eigenvalue weighted by molar-refractivity contribution is -0.138. The summed E-state index contributed by atoms with van der Waals surface area (Å²) in [6, 6.07) is 3.42. The molecule has 1 rings (SSSR count). The van der Waals surface area contributed by atoms with Gasteiger partial charge in [0, 0.05) is 6.20 Å². The normalized spacial score (nSPS) is 9.31. The lowest BCUT2D eigenvalue weighted by Gasteiger charge is -2.05. The van der Waals surface area contributed by atoms with Crippen LogP contribution in [0.15, 0.2) is 18.3 Å². The van der Waals surface area contributed by atoms with E-state index in [-0.39, 0.29) is 12.5 Å². The van der Waals surface area contributed by atoms with E-state index in [0.717, 1.165) is 0 Å². The number of ether oxygens (including phenoxy) is 1. The Morgan fingerprint density at radius 3 is 3.15 bits per heavy atom. The molecule has 0 saturated carbocycles. The molecule has 3 N–H and O–H groups in total. The average molecular weight is 181 g/mol. The molecule has 0 saturated heterocycles. The molecular formula is C8H11N3O2. The number of hydrogen-bond acceptors (Lipinski definition) is 5. The quantitative estimate of drug-likeness (QED) is 0.653. The number of rotatable bonds is 3. The molecule has 70 valence electrons. The Morgan fingerprint density at radius 2 is 2.54 bits per heavy atom. The Kier molecular flexibility index (Phi) is 3.08. The molecule has 1 aromatic heterocycles. The van der Waals surface area contributed by atoms with Gasteiger partial charge in [0.2, 0.25) is 0 Å². The molecule has 0 aromatic carbocycles. The topological polar surface area (TPSA) is 77.2 Å². The first kappa shape index (κ1) is 9.31. The van der Waals surface area contributed by atoms with Gasteiger partial charge >= 0.3 is 5.97 Å². The van der Waals surface area contributed by atoms with Crippen molar-refractivity contribution in [3.05, 3.63) is 18.3 Å². The summed E-state index contributed by atoms with van der Waals surface area (Å²) in [6.07, 6.45) is 1.59. The number of anilines is 2. The Labute approximate surface area is 75.9 Å². The predicted octanol–water partition coefficient (Wildman–Crippen LogP) is 0.249. The van der Waals surface area contributed by atoms with Crippen LogP contribution in [0.4, 0.5) is 11.5 Å². The number of carbonyl (C=O) groups excluding carboxylic acids is 1. The van der Waals surface area contributed by atoms with Gasteiger partial charge in [0.05, 0.1) is 12.8 Å². The standard InChI is InChI=1S/C8H11N3O2/c1-13-7(12)5-11-8-6(9)3-2-4-10-8/h2-4H,5,9H2,1H3,(H,10,11). The third-order valence-electron chi connectivity index (χ3n) is 1.47. The summed E-state index contributed by atoms with van der Waals surface area (Å²) in [4.78, 5) is 14.7. The smallest absolute Gasteiger partial charge is 0.325 e. The Hall–Kier alpha value is -1.78. The molecule has 0 atom stereocenters. The van der Waals surface area contributed by atoms with Crippen LogP contribution in [-0.4, -0.2) is 24.6 Å². The first-order chi connectivity index (χ1) is 6.24. The van der Waals surface area contributed by atoms with Crippen molar-refractivity contribution in [3.8, 4) is 0 Å². The number of aromatic nitrogens is 1. The van der Waals surface area contributed by atoms with E-state index in [0.29, 0.717) is 11.5 Å². The third kappa shape index (κ3) is 2.62. The van der Waals surface area contributed by atoms with Gasteiger partial charge in [0.25, 0.3) is 0 Å². The minimum Gasteiger partial charge on any atom is -0.468 e. The van der Waals surface area contributed by atoms with E-state index in [2.05, 4.69) is 15.0 Å². The highest BCUT2D eigenvalue weighted by Crippen LogP contribution is 2.11. The zero-order valence-electron chi connectivity index (χ0n) is 7.28. The first-order valence-electron chi connectivity index (χ1n) is 3.75. The number of carbonyl (C=O) groups is 1. The van der Waals surface area contributed by atoms with Crippen molar-refractivity contribution in [2.75, 3.05) is 24.7 Å². The molecule has 5 nitrogen and oxygen atoms in total. The van der Waals surface area contributed by atoms with Gasteiger partial charge < -0.3 is 15.8 Å². The fourth-order valence-corrected chi connectivity index (χ4v) is 0.794. The minimum atomic E-state index is -0.356. The summed E-state index contributed by atoms with van der Waals surface area (Å²) in [5.74, 6) is 0.137. The highest BCUT2D eigenvalue weighted by molar-refractivity contribution is 5.76. The molecule has 0 aliphatic carbocycles. The van der Waals surface area contributed by atoms with Crippen LogP contribution in [0.2, 0.25) is 0 Å². The monoisotopic (exact) mass is 181 g/mol. The third-order valence-corrected chi connectivity index (χ3v) is 1.47. The highest BCUT2D eigenvalue weighted by Gasteiger charge is 2.02. The molecule has 1 heterocycles. The molecule has 0 radical (unpaired) electrons. The maximum absolute atomic E-state index is 10.7. The zero-order valence-corrected chi connectivity index (χ0v) is 7.28.